The summed E-state index contributed by atoms with van der Waals surface area (Å²) < 4.78 is 5.83. The highest BCUT2D eigenvalue weighted by Crippen LogP contribution is 2.54. The molecule has 5 aromatic rings. The van der Waals surface area contributed by atoms with Crippen molar-refractivity contribution >= 4 is 45.9 Å². The molecular weight excluding hydrogens is 533 g/mol. The van der Waals surface area contributed by atoms with Crippen LogP contribution in [0.3, 0.4) is 0 Å². The molecule has 2 unspecified atom stereocenters. The second-order valence-corrected chi connectivity index (χ2v) is 11.5. The second kappa shape index (κ2) is 8.89. The van der Waals surface area contributed by atoms with Gasteiger partial charge in [-0.3, -0.25) is 0 Å². The maximum atomic E-state index is 6.53. The molecule has 4 heterocycles. The Hall–Kier alpha value is -3.75. The first-order valence-electron chi connectivity index (χ1n) is 13.2. The van der Waals surface area contributed by atoms with E-state index >= 15 is 0 Å². The van der Waals surface area contributed by atoms with Gasteiger partial charge in [0.1, 0.15) is 17.1 Å². The molecular formula is C29H23Cl2N7O. The zero-order chi connectivity index (χ0) is 26.1. The van der Waals surface area contributed by atoms with Gasteiger partial charge in [0, 0.05) is 41.2 Å². The molecule has 0 bridgehead atoms. The lowest BCUT2D eigenvalue weighted by Crippen LogP contribution is -2.23. The minimum Gasteiger partial charge on any atom is -0.371 e. The van der Waals surface area contributed by atoms with Crippen LogP contribution in [0.1, 0.15) is 30.1 Å². The third kappa shape index (κ3) is 4.01. The number of rotatable bonds is 6. The van der Waals surface area contributed by atoms with Crippen LogP contribution in [0, 0.1) is 17.8 Å². The summed E-state index contributed by atoms with van der Waals surface area (Å²) in [6.45, 7) is 2.09. The van der Waals surface area contributed by atoms with Crippen LogP contribution in [-0.4, -0.2) is 43.9 Å². The summed E-state index contributed by atoms with van der Waals surface area (Å²) in [5.41, 5.74) is 5.40. The molecule has 1 saturated heterocycles. The van der Waals surface area contributed by atoms with E-state index in [9.17, 15) is 0 Å². The maximum absolute atomic E-state index is 6.53. The SMILES string of the molecule is Clc1cccc(Cl)c1-c1noc(C2CC2)c1C=CC1C2CN(c3ccc4nc(-c5nnn[nH]5)ccc4c3)CC12. The molecule has 2 atom stereocenters. The van der Waals surface area contributed by atoms with Crippen molar-refractivity contribution in [2.45, 2.75) is 18.8 Å². The maximum Gasteiger partial charge on any atom is 0.198 e. The van der Waals surface area contributed by atoms with E-state index in [-0.39, 0.29) is 0 Å². The van der Waals surface area contributed by atoms with E-state index in [1.165, 1.54) is 5.69 Å². The molecule has 3 fully saturated rings. The van der Waals surface area contributed by atoms with E-state index in [4.69, 9.17) is 32.7 Å². The van der Waals surface area contributed by atoms with Crippen molar-refractivity contribution in [2.24, 2.45) is 17.8 Å². The summed E-state index contributed by atoms with van der Waals surface area (Å²) >= 11 is 13.1. The molecule has 3 aromatic heterocycles. The minimum absolute atomic E-state index is 0.437. The molecule has 194 valence electrons. The molecule has 8 rings (SSSR count). The molecule has 0 spiro atoms. The Labute approximate surface area is 234 Å². The number of aromatic amines is 1. The van der Waals surface area contributed by atoms with Gasteiger partial charge in [-0.15, -0.1) is 5.10 Å². The summed E-state index contributed by atoms with van der Waals surface area (Å²) in [5.74, 6) is 3.81. The fourth-order valence-corrected chi connectivity index (χ4v) is 6.58. The fraction of sp³-hybridized carbons (Fsp3) is 0.276. The lowest BCUT2D eigenvalue weighted by molar-refractivity contribution is 0.386. The lowest BCUT2D eigenvalue weighted by atomic mass is 10.0. The summed E-state index contributed by atoms with van der Waals surface area (Å²) in [7, 11) is 0. The van der Waals surface area contributed by atoms with Gasteiger partial charge in [-0.1, -0.05) is 52.6 Å². The average Bonchev–Trinajstić information content (AvgIpc) is 3.65. The van der Waals surface area contributed by atoms with Crippen molar-refractivity contribution in [1.29, 1.82) is 0 Å². The predicted octanol–water partition coefficient (Wildman–Crippen LogP) is 6.65. The number of hydrogen-bond donors (Lipinski definition) is 1. The Morgan fingerprint density at radius 3 is 2.56 bits per heavy atom. The quantitative estimate of drug-likeness (QED) is 0.250. The summed E-state index contributed by atoms with van der Waals surface area (Å²) in [4.78, 5) is 7.19. The Morgan fingerprint density at radius 2 is 1.82 bits per heavy atom. The van der Waals surface area contributed by atoms with Gasteiger partial charge in [0.15, 0.2) is 5.82 Å². The molecule has 10 heteroatoms. The number of allylic oxidation sites excluding steroid dienone is 1. The van der Waals surface area contributed by atoms with Gasteiger partial charge in [0.25, 0.3) is 0 Å². The van der Waals surface area contributed by atoms with Gasteiger partial charge in [-0.05, 0) is 77.4 Å². The van der Waals surface area contributed by atoms with Crippen molar-refractivity contribution in [1.82, 2.24) is 30.8 Å². The highest BCUT2D eigenvalue weighted by molar-refractivity contribution is 6.39. The molecule has 8 nitrogen and oxygen atoms in total. The Morgan fingerprint density at radius 1 is 1.00 bits per heavy atom. The van der Waals surface area contributed by atoms with Gasteiger partial charge >= 0.3 is 0 Å². The van der Waals surface area contributed by atoms with Crippen molar-refractivity contribution in [2.75, 3.05) is 18.0 Å². The van der Waals surface area contributed by atoms with Crippen LogP contribution in [0.4, 0.5) is 5.69 Å². The number of H-pyrrole nitrogens is 1. The molecule has 1 aliphatic heterocycles. The topological polar surface area (TPSA) is 96.6 Å². The minimum atomic E-state index is 0.437. The van der Waals surface area contributed by atoms with Crippen LogP contribution in [0.5, 0.6) is 0 Å². The summed E-state index contributed by atoms with van der Waals surface area (Å²) in [6.07, 6.45) is 6.82. The van der Waals surface area contributed by atoms with Crippen LogP contribution in [0.2, 0.25) is 10.0 Å². The lowest BCUT2D eigenvalue weighted by Gasteiger charge is -2.22. The first-order valence-corrected chi connectivity index (χ1v) is 13.9. The van der Waals surface area contributed by atoms with Crippen LogP contribution in [0.25, 0.3) is 39.8 Å². The number of nitrogens with zero attached hydrogens (tertiary/aromatic N) is 6. The summed E-state index contributed by atoms with van der Waals surface area (Å²) in [6, 6.07) is 16.0. The molecule has 0 amide bonds. The third-order valence-electron chi connectivity index (χ3n) is 8.27. The monoisotopic (exact) mass is 555 g/mol. The van der Waals surface area contributed by atoms with Crippen LogP contribution >= 0.6 is 23.2 Å². The normalized spacial score (nSPS) is 22.2. The number of anilines is 1. The zero-order valence-electron chi connectivity index (χ0n) is 20.8. The first-order chi connectivity index (χ1) is 19.1. The number of fused-ring (bicyclic) bond motifs is 2. The van der Waals surface area contributed by atoms with Crippen LogP contribution in [-0.2, 0) is 0 Å². The van der Waals surface area contributed by atoms with E-state index in [2.05, 4.69) is 67.1 Å². The molecule has 2 aliphatic carbocycles. The number of nitrogens with one attached hydrogen (secondary N) is 1. The van der Waals surface area contributed by atoms with E-state index in [1.807, 2.05) is 24.3 Å². The third-order valence-corrected chi connectivity index (χ3v) is 8.90. The van der Waals surface area contributed by atoms with E-state index in [0.717, 1.165) is 65.1 Å². The van der Waals surface area contributed by atoms with Gasteiger partial charge < -0.3 is 9.42 Å². The van der Waals surface area contributed by atoms with Gasteiger partial charge in [0.2, 0.25) is 0 Å². The van der Waals surface area contributed by atoms with Gasteiger partial charge in [0.05, 0.1) is 15.6 Å². The average molecular weight is 556 g/mol. The van der Waals surface area contributed by atoms with E-state index in [1.54, 1.807) is 0 Å². The smallest absolute Gasteiger partial charge is 0.198 e. The van der Waals surface area contributed by atoms with Gasteiger partial charge in [-0.2, -0.15) is 0 Å². The number of aromatic nitrogens is 6. The summed E-state index contributed by atoms with van der Waals surface area (Å²) in [5, 5.41) is 20.7. The standard InChI is InChI=1S/C29H23Cl2N7O/c30-22-2-1-3-23(31)26(22)27-19(28(39-35-27)15-4-5-15)9-8-18-20-13-38(14-21(18)20)17-7-11-24-16(12-17)6-10-25(32-24)29-33-36-37-34-29/h1-3,6-12,15,18,20-21H,4-5,13-14H2,(H,33,34,36,37). The van der Waals surface area contributed by atoms with Crippen molar-refractivity contribution < 1.29 is 4.52 Å². The van der Waals surface area contributed by atoms with Crippen molar-refractivity contribution in [3.05, 3.63) is 76.0 Å². The number of benzene rings is 2. The number of tetrazole rings is 1. The van der Waals surface area contributed by atoms with E-state index in [0.29, 0.717) is 39.5 Å². The predicted molar refractivity (Wildman–Crippen MR) is 151 cm³/mol. The van der Waals surface area contributed by atoms with Gasteiger partial charge in [-0.25, -0.2) is 10.1 Å². The molecule has 2 saturated carbocycles. The molecule has 0 radical (unpaired) electrons. The Balaban J connectivity index is 1.00. The number of pyridine rings is 1. The zero-order valence-corrected chi connectivity index (χ0v) is 22.3. The molecule has 1 N–H and O–H groups in total. The van der Waals surface area contributed by atoms with Crippen molar-refractivity contribution in [3.63, 3.8) is 0 Å². The highest BCUT2D eigenvalue weighted by Gasteiger charge is 2.54. The largest absolute Gasteiger partial charge is 0.371 e. The number of piperidine rings is 1. The highest BCUT2D eigenvalue weighted by atomic mass is 35.5. The van der Waals surface area contributed by atoms with Crippen LogP contribution in [0.15, 0.2) is 59.1 Å². The molecule has 3 aliphatic rings. The molecule has 39 heavy (non-hydrogen) atoms. The van der Waals surface area contributed by atoms with Crippen molar-refractivity contribution in [3.8, 4) is 22.8 Å². The second-order valence-electron chi connectivity index (χ2n) is 10.7. The number of hydrogen-bond acceptors (Lipinski definition) is 7. The van der Waals surface area contributed by atoms with Crippen LogP contribution < -0.4 is 4.90 Å². The molecule has 2 aromatic carbocycles. The first kappa shape index (κ1) is 23.2. The Bertz CT molecular complexity index is 1710. The fourth-order valence-electron chi connectivity index (χ4n) is 6.00. The number of halogens is 2. The van der Waals surface area contributed by atoms with E-state index < -0.39 is 0 Å². The Kier molecular flexibility index (Phi) is 5.28.